The monoisotopic (exact) mass is 403 g/mol. The number of rotatable bonds is 5. The fourth-order valence-corrected chi connectivity index (χ4v) is 4.10. The lowest BCUT2D eigenvalue weighted by Crippen LogP contribution is -2.24. The summed E-state index contributed by atoms with van der Waals surface area (Å²) in [7, 11) is 1.87. The molecule has 3 unspecified atom stereocenters. The first kappa shape index (κ1) is 18.6. The molecule has 5 rings (SSSR count). The van der Waals surface area contributed by atoms with Gasteiger partial charge in [-0.15, -0.1) is 0 Å². The molecule has 4 N–H and O–H groups in total. The van der Waals surface area contributed by atoms with Crippen molar-refractivity contribution < 1.29 is 4.74 Å². The lowest BCUT2D eigenvalue weighted by molar-refractivity contribution is 0.00546. The van der Waals surface area contributed by atoms with Crippen LogP contribution in [0.25, 0.3) is 21.9 Å². The minimum atomic E-state index is -0.0601. The maximum atomic E-state index is 6.39. The SMILES string of the molecule is CNc1ccc2ccc(NCC3OC(n4ccc5c(N)ncnc54)CC3C)cc2n1. The highest BCUT2D eigenvalue weighted by molar-refractivity contribution is 5.86. The number of nitrogens with one attached hydrogen (secondary N) is 2. The summed E-state index contributed by atoms with van der Waals surface area (Å²) in [5.74, 6) is 1.77. The van der Waals surface area contributed by atoms with Crippen LogP contribution in [0, 0.1) is 5.92 Å². The molecule has 0 saturated carbocycles. The molecule has 8 heteroatoms. The van der Waals surface area contributed by atoms with Crippen molar-refractivity contribution in [1.82, 2.24) is 19.5 Å². The largest absolute Gasteiger partial charge is 0.383 e. The molecule has 1 fully saturated rings. The van der Waals surface area contributed by atoms with E-state index in [2.05, 4.69) is 61.3 Å². The first-order valence-corrected chi connectivity index (χ1v) is 10.2. The van der Waals surface area contributed by atoms with Crippen molar-refractivity contribution in [1.29, 1.82) is 0 Å². The molecule has 3 atom stereocenters. The van der Waals surface area contributed by atoms with Gasteiger partial charge in [0.05, 0.1) is 17.0 Å². The van der Waals surface area contributed by atoms with Crippen molar-refractivity contribution in [3.63, 3.8) is 0 Å². The van der Waals surface area contributed by atoms with Crippen LogP contribution in [0.1, 0.15) is 19.6 Å². The Balaban J connectivity index is 1.30. The second-order valence-electron chi connectivity index (χ2n) is 7.80. The average molecular weight is 403 g/mol. The number of aromatic nitrogens is 4. The molecule has 0 spiro atoms. The lowest BCUT2D eigenvalue weighted by atomic mass is 10.0. The number of nitrogen functional groups attached to an aromatic ring is 1. The van der Waals surface area contributed by atoms with Gasteiger partial charge in [0, 0.05) is 30.9 Å². The van der Waals surface area contributed by atoms with Gasteiger partial charge in [-0.25, -0.2) is 15.0 Å². The highest BCUT2D eigenvalue weighted by Crippen LogP contribution is 2.35. The van der Waals surface area contributed by atoms with E-state index < -0.39 is 0 Å². The molecule has 4 heterocycles. The molecule has 30 heavy (non-hydrogen) atoms. The molecule has 1 aromatic carbocycles. The van der Waals surface area contributed by atoms with E-state index in [1.165, 1.54) is 6.33 Å². The third kappa shape index (κ3) is 3.29. The molecular weight excluding hydrogens is 378 g/mol. The van der Waals surface area contributed by atoms with Crippen LogP contribution in [0.15, 0.2) is 48.9 Å². The van der Waals surface area contributed by atoms with Gasteiger partial charge in [0.15, 0.2) is 0 Å². The lowest BCUT2D eigenvalue weighted by Gasteiger charge is -2.18. The Kier molecular flexibility index (Phi) is 4.63. The quantitative estimate of drug-likeness (QED) is 0.467. The highest BCUT2D eigenvalue weighted by Gasteiger charge is 2.33. The van der Waals surface area contributed by atoms with Crippen molar-refractivity contribution >= 4 is 39.3 Å². The summed E-state index contributed by atoms with van der Waals surface area (Å²) in [6.07, 6.45) is 4.44. The first-order chi connectivity index (χ1) is 14.6. The van der Waals surface area contributed by atoms with Gasteiger partial charge in [-0.1, -0.05) is 13.0 Å². The molecule has 0 aliphatic carbocycles. The van der Waals surface area contributed by atoms with E-state index in [1.807, 2.05) is 25.4 Å². The van der Waals surface area contributed by atoms with E-state index in [-0.39, 0.29) is 12.3 Å². The van der Waals surface area contributed by atoms with Crippen LogP contribution in [0.4, 0.5) is 17.3 Å². The summed E-state index contributed by atoms with van der Waals surface area (Å²) in [5.41, 5.74) is 8.78. The van der Waals surface area contributed by atoms with E-state index in [9.17, 15) is 0 Å². The van der Waals surface area contributed by atoms with Crippen LogP contribution in [-0.4, -0.2) is 39.2 Å². The Labute approximate surface area is 174 Å². The molecule has 4 aromatic rings. The fraction of sp³-hybridized carbons (Fsp3) is 0.318. The van der Waals surface area contributed by atoms with E-state index in [0.717, 1.165) is 46.4 Å². The number of pyridine rings is 1. The number of nitrogens with two attached hydrogens (primary N) is 1. The molecule has 3 aromatic heterocycles. The Morgan fingerprint density at radius 3 is 2.93 bits per heavy atom. The van der Waals surface area contributed by atoms with Gasteiger partial charge in [0.1, 0.15) is 29.8 Å². The van der Waals surface area contributed by atoms with Crippen LogP contribution >= 0.6 is 0 Å². The van der Waals surface area contributed by atoms with Gasteiger partial charge in [-0.05, 0) is 42.7 Å². The van der Waals surface area contributed by atoms with Gasteiger partial charge in [0.25, 0.3) is 0 Å². The molecule has 154 valence electrons. The molecule has 0 amide bonds. The van der Waals surface area contributed by atoms with Gasteiger partial charge in [-0.2, -0.15) is 0 Å². The zero-order valence-electron chi connectivity index (χ0n) is 17.0. The Hall–Kier alpha value is -3.39. The van der Waals surface area contributed by atoms with Crippen LogP contribution in [-0.2, 0) is 4.74 Å². The second-order valence-corrected chi connectivity index (χ2v) is 7.80. The van der Waals surface area contributed by atoms with Crippen molar-refractivity contribution in [3.05, 3.63) is 48.9 Å². The number of ether oxygens (including phenoxy) is 1. The highest BCUT2D eigenvalue weighted by atomic mass is 16.5. The molecule has 8 nitrogen and oxygen atoms in total. The van der Waals surface area contributed by atoms with E-state index in [0.29, 0.717) is 11.7 Å². The maximum Gasteiger partial charge on any atom is 0.147 e. The van der Waals surface area contributed by atoms with Crippen LogP contribution in [0.2, 0.25) is 0 Å². The maximum absolute atomic E-state index is 6.39. The van der Waals surface area contributed by atoms with Gasteiger partial charge < -0.3 is 25.7 Å². The molecule has 1 aliphatic heterocycles. The van der Waals surface area contributed by atoms with Crippen molar-refractivity contribution in [2.24, 2.45) is 5.92 Å². The number of anilines is 3. The predicted octanol–water partition coefficient (Wildman–Crippen LogP) is 3.64. The average Bonchev–Trinajstić information content (AvgIpc) is 3.35. The molecule has 1 aliphatic rings. The summed E-state index contributed by atoms with van der Waals surface area (Å²) in [4.78, 5) is 13.1. The number of nitrogens with zero attached hydrogens (tertiary/aromatic N) is 4. The predicted molar refractivity (Wildman–Crippen MR) is 119 cm³/mol. The summed E-state index contributed by atoms with van der Waals surface area (Å²) in [6.45, 7) is 2.95. The summed E-state index contributed by atoms with van der Waals surface area (Å²) >= 11 is 0. The molecular formula is C22H25N7O. The smallest absolute Gasteiger partial charge is 0.147 e. The summed E-state index contributed by atoms with van der Waals surface area (Å²) in [5, 5.41) is 8.58. The molecule has 0 bridgehead atoms. The second kappa shape index (κ2) is 7.46. The van der Waals surface area contributed by atoms with Crippen LogP contribution in [0.5, 0.6) is 0 Å². The normalized spacial score (nSPS) is 21.3. The number of fused-ring (bicyclic) bond motifs is 2. The third-order valence-corrected chi connectivity index (χ3v) is 5.85. The van der Waals surface area contributed by atoms with Crippen LogP contribution in [0.3, 0.4) is 0 Å². The zero-order chi connectivity index (χ0) is 20.7. The van der Waals surface area contributed by atoms with E-state index >= 15 is 0 Å². The topological polar surface area (TPSA) is 103 Å². The van der Waals surface area contributed by atoms with Crippen molar-refractivity contribution in [2.45, 2.75) is 25.7 Å². The number of hydrogen-bond donors (Lipinski definition) is 3. The van der Waals surface area contributed by atoms with Gasteiger partial charge >= 0.3 is 0 Å². The van der Waals surface area contributed by atoms with Crippen LogP contribution < -0.4 is 16.4 Å². The zero-order valence-corrected chi connectivity index (χ0v) is 17.0. The van der Waals surface area contributed by atoms with Crippen molar-refractivity contribution in [3.8, 4) is 0 Å². The Morgan fingerprint density at radius 2 is 2.07 bits per heavy atom. The minimum Gasteiger partial charge on any atom is -0.383 e. The fourth-order valence-electron chi connectivity index (χ4n) is 4.10. The molecule has 0 radical (unpaired) electrons. The van der Waals surface area contributed by atoms with Gasteiger partial charge in [0.2, 0.25) is 0 Å². The minimum absolute atomic E-state index is 0.0601. The van der Waals surface area contributed by atoms with E-state index in [1.54, 1.807) is 0 Å². The summed E-state index contributed by atoms with van der Waals surface area (Å²) < 4.78 is 8.44. The number of benzene rings is 1. The van der Waals surface area contributed by atoms with Crippen molar-refractivity contribution in [2.75, 3.05) is 30.0 Å². The number of hydrogen-bond acceptors (Lipinski definition) is 7. The third-order valence-electron chi connectivity index (χ3n) is 5.85. The Morgan fingerprint density at radius 1 is 1.20 bits per heavy atom. The molecule has 1 saturated heterocycles. The summed E-state index contributed by atoms with van der Waals surface area (Å²) in [6, 6.07) is 12.2. The van der Waals surface area contributed by atoms with Gasteiger partial charge in [-0.3, -0.25) is 0 Å². The Bertz CT molecular complexity index is 1200. The standard InChI is InChI=1S/C22H25N7O/c1-13-9-20(29-8-7-16-21(23)26-12-27-22(16)29)30-18(13)11-25-15-5-3-14-4-6-19(24-2)28-17(14)10-15/h3-8,10,12-13,18,20,25H,9,11H2,1-2H3,(H,24,28)(H2,23,26,27). The van der Waals surface area contributed by atoms with E-state index in [4.69, 9.17) is 10.5 Å². The first-order valence-electron chi connectivity index (χ1n) is 10.2.